The fourth-order valence-corrected chi connectivity index (χ4v) is 3.82. The first-order valence-electron chi connectivity index (χ1n) is 10.2. The number of hydrogen-bond donors (Lipinski definition) is 2. The van der Waals surface area contributed by atoms with Crippen molar-refractivity contribution in [3.05, 3.63) is 65.4 Å². The molecule has 1 aliphatic rings. The number of fused-ring (bicyclic) bond motifs is 1. The molecule has 156 valence electrons. The molecule has 1 saturated heterocycles. The second-order valence-corrected chi connectivity index (χ2v) is 8.84. The van der Waals surface area contributed by atoms with Crippen LogP contribution < -0.4 is 0 Å². The summed E-state index contributed by atoms with van der Waals surface area (Å²) >= 11 is 0. The number of amides is 2. The smallest absolute Gasteiger partial charge is 0.270 e. The fraction of sp³-hybridized carbons (Fsp3) is 0.333. The predicted octanol–water partition coefficient (Wildman–Crippen LogP) is 3.77. The van der Waals surface area contributed by atoms with E-state index in [0.29, 0.717) is 37.4 Å². The number of aromatic nitrogens is 1. The van der Waals surface area contributed by atoms with Crippen LogP contribution >= 0.6 is 0 Å². The molecule has 0 unspecified atom stereocenters. The van der Waals surface area contributed by atoms with Crippen LogP contribution in [0, 0.1) is 0 Å². The summed E-state index contributed by atoms with van der Waals surface area (Å²) in [4.78, 5) is 32.4. The molecule has 0 aliphatic carbocycles. The highest BCUT2D eigenvalue weighted by atomic mass is 16.3. The third kappa shape index (κ3) is 3.77. The summed E-state index contributed by atoms with van der Waals surface area (Å²) in [5, 5.41) is 10.9. The highest BCUT2D eigenvalue weighted by molar-refractivity contribution is 5.99. The van der Waals surface area contributed by atoms with Gasteiger partial charge in [0.25, 0.3) is 11.8 Å². The van der Waals surface area contributed by atoms with Crippen LogP contribution in [0.5, 0.6) is 5.75 Å². The molecule has 2 amide bonds. The van der Waals surface area contributed by atoms with Crippen molar-refractivity contribution in [3.8, 4) is 5.75 Å². The lowest BCUT2D eigenvalue weighted by atomic mass is 9.87. The molecule has 1 aromatic heterocycles. The van der Waals surface area contributed by atoms with Gasteiger partial charge in [0.15, 0.2) is 0 Å². The van der Waals surface area contributed by atoms with Gasteiger partial charge in [-0.05, 0) is 35.2 Å². The topological polar surface area (TPSA) is 76.6 Å². The first-order chi connectivity index (χ1) is 14.2. The number of aromatic amines is 1. The lowest BCUT2D eigenvalue weighted by Crippen LogP contribution is -2.50. The predicted molar refractivity (Wildman–Crippen MR) is 117 cm³/mol. The molecule has 4 rings (SSSR count). The molecule has 6 nitrogen and oxygen atoms in total. The zero-order valence-corrected chi connectivity index (χ0v) is 17.6. The molecular weight excluding hydrogens is 378 g/mol. The SMILES string of the molecule is CC(C)(C)c1ccc2cc(C(=O)N3CCN(C(=O)c4ccccc4O)CC3)[nH]c2c1. The molecule has 30 heavy (non-hydrogen) atoms. The van der Waals surface area contributed by atoms with E-state index in [0.717, 1.165) is 10.9 Å². The molecule has 1 aliphatic heterocycles. The van der Waals surface area contributed by atoms with Gasteiger partial charge in [-0.1, -0.05) is 45.0 Å². The highest BCUT2D eigenvalue weighted by Gasteiger charge is 2.27. The van der Waals surface area contributed by atoms with E-state index in [1.807, 2.05) is 12.1 Å². The number of carbonyl (C=O) groups is 2. The van der Waals surface area contributed by atoms with Crippen molar-refractivity contribution in [2.24, 2.45) is 0 Å². The van der Waals surface area contributed by atoms with Gasteiger partial charge in [-0.2, -0.15) is 0 Å². The van der Waals surface area contributed by atoms with Gasteiger partial charge in [-0.15, -0.1) is 0 Å². The Morgan fingerprint density at radius 1 is 0.900 bits per heavy atom. The van der Waals surface area contributed by atoms with E-state index >= 15 is 0 Å². The molecule has 0 saturated carbocycles. The molecular formula is C24H27N3O3. The summed E-state index contributed by atoms with van der Waals surface area (Å²) in [5.74, 6) is -0.285. The summed E-state index contributed by atoms with van der Waals surface area (Å²) in [6.45, 7) is 8.29. The van der Waals surface area contributed by atoms with E-state index < -0.39 is 0 Å². The number of piperazine rings is 1. The third-order valence-corrected chi connectivity index (χ3v) is 5.71. The van der Waals surface area contributed by atoms with Crippen molar-refractivity contribution in [1.82, 2.24) is 14.8 Å². The van der Waals surface area contributed by atoms with Crippen molar-refractivity contribution in [2.45, 2.75) is 26.2 Å². The Balaban J connectivity index is 1.45. The van der Waals surface area contributed by atoms with E-state index in [2.05, 4.69) is 37.9 Å². The van der Waals surface area contributed by atoms with Crippen LogP contribution in [0.1, 0.15) is 47.2 Å². The van der Waals surface area contributed by atoms with Gasteiger partial charge in [-0.25, -0.2) is 0 Å². The number of carbonyl (C=O) groups excluding carboxylic acids is 2. The van der Waals surface area contributed by atoms with E-state index in [1.165, 1.54) is 11.6 Å². The highest BCUT2D eigenvalue weighted by Crippen LogP contribution is 2.27. The molecule has 3 aromatic rings. The minimum Gasteiger partial charge on any atom is -0.507 e. The normalized spacial score (nSPS) is 14.9. The number of hydrogen-bond acceptors (Lipinski definition) is 3. The van der Waals surface area contributed by atoms with Crippen molar-refractivity contribution in [2.75, 3.05) is 26.2 Å². The molecule has 0 spiro atoms. The summed E-state index contributed by atoms with van der Waals surface area (Å²) in [5.41, 5.74) is 3.07. The maximum absolute atomic E-state index is 13.0. The summed E-state index contributed by atoms with van der Waals surface area (Å²) in [7, 11) is 0. The largest absolute Gasteiger partial charge is 0.507 e. The quantitative estimate of drug-likeness (QED) is 0.681. The zero-order chi connectivity index (χ0) is 21.5. The van der Waals surface area contributed by atoms with Gasteiger partial charge in [0.2, 0.25) is 0 Å². The Kier molecular flexibility index (Phi) is 5.02. The van der Waals surface area contributed by atoms with Crippen molar-refractivity contribution < 1.29 is 14.7 Å². The minimum absolute atomic E-state index is 0.0197. The molecule has 0 radical (unpaired) electrons. The molecule has 2 N–H and O–H groups in total. The summed E-state index contributed by atoms with van der Waals surface area (Å²) in [6.07, 6.45) is 0. The minimum atomic E-state index is -0.208. The van der Waals surface area contributed by atoms with E-state index in [9.17, 15) is 14.7 Å². The lowest BCUT2D eigenvalue weighted by Gasteiger charge is -2.34. The van der Waals surface area contributed by atoms with Gasteiger partial charge in [0.1, 0.15) is 11.4 Å². The molecule has 2 aromatic carbocycles. The monoisotopic (exact) mass is 405 g/mol. The van der Waals surface area contributed by atoms with Crippen LogP contribution in [0.25, 0.3) is 10.9 Å². The van der Waals surface area contributed by atoms with Gasteiger partial charge in [-0.3, -0.25) is 9.59 Å². The van der Waals surface area contributed by atoms with Crippen molar-refractivity contribution >= 4 is 22.7 Å². The number of aromatic hydroxyl groups is 1. The second kappa shape index (κ2) is 7.52. The van der Waals surface area contributed by atoms with Crippen LogP contribution in [-0.2, 0) is 5.41 Å². The maximum atomic E-state index is 13.0. The summed E-state index contributed by atoms with van der Waals surface area (Å²) in [6, 6.07) is 14.7. The Morgan fingerprint density at radius 3 is 2.17 bits per heavy atom. The van der Waals surface area contributed by atoms with Gasteiger partial charge in [0, 0.05) is 37.1 Å². The Morgan fingerprint density at radius 2 is 1.53 bits per heavy atom. The maximum Gasteiger partial charge on any atom is 0.270 e. The number of rotatable bonds is 2. The van der Waals surface area contributed by atoms with Crippen LogP contribution in [0.15, 0.2) is 48.5 Å². The fourth-order valence-electron chi connectivity index (χ4n) is 3.82. The average Bonchev–Trinajstić information content (AvgIpc) is 3.16. The van der Waals surface area contributed by atoms with E-state index in [1.54, 1.807) is 28.0 Å². The number of H-pyrrole nitrogens is 1. The van der Waals surface area contributed by atoms with Crippen molar-refractivity contribution in [3.63, 3.8) is 0 Å². The molecule has 0 bridgehead atoms. The van der Waals surface area contributed by atoms with Crippen LogP contribution in [0.2, 0.25) is 0 Å². The molecule has 0 atom stereocenters. The summed E-state index contributed by atoms with van der Waals surface area (Å²) < 4.78 is 0. The van der Waals surface area contributed by atoms with Crippen LogP contribution in [-0.4, -0.2) is 57.9 Å². The zero-order valence-electron chi connectivity index (χ0n) is 17.6. The van der Waals surface area contributed by atoms with Crippen LogP contribution in [0.4, 0.5) is 0 Å². The Hall–Kier alpha value is -3.28. The Bertz CT molecular complexity index is 1100. The number of para-hydroxylation sites is 1. The number of nitrogens with zero attached hydrogens (tertiary/aromatic N) is 2. The second-order valence-electron chi connectivity index (χ2n) is 8.84. The number of phenols is 1. The molecule has 1 fully saturated rings. The Labute approximate surface area is 176 Å². The van der Waals surface area contributed by atoms with Gasteiger partial charge in [0.05, 0.1) is 5.56 Å². The van der Waals surface area contributed by atoms with Crippen molar-refractivity contribution in [1.29, 1.82) is 0 Å². The van der Waals surface area contributed by atoms with Gasteiger partial charge < -0.3 is 19.9 Å². The number of phenolic OH excluding ortho intramolecular Hbond substituents is 1. The third-order valence-electron chi connectivity index (χ3n) is 5.71. The molecule has 6 heteroatoms. The number of benzene rings is 2. The van der Waals surface area contributed by atoms with E-state index in [4.69, 9.17) is 0 Å². The van der Waals surface area contributed by atoms with E-state index in [-0.39, 0.29) is 23.0 Å². The lowest BCUT2D eigenvalue weighted by molar-refractivity contribution is 0.0531. The molecule has 2 heterocycles. The number of nitrogens with one attached hydrogen (secondary N) is 1. The van der Waals surface area contributed by atoms with Gasteiger partial charge >= 0.3 is 0 Å². The standard InChI is InChI=1S/C24H27N3O3/c1-24(2,3)17-9-8-16-14-20(25-19(16)15-17)23(30)27-12-10-26(11-13-27)22(29)18-6-4-5-7-21(18)28/h4-9,14-15,25,28H,10-13H2,1-3H3. The average molecular weight is 405 g/mol. The van der Waals surface area contributed by atoms with Crippen LogP contribution in [0.3, 0.4) is 0 Å². The first kappa shape index (κ1) is 20.0. The first-order valence-corrected chi connectivity index (χ1v) is 10.2.